The standard InChI is InChI=1S/C16H16FNO4S/c17-10-3-1-9(2-4-10)11-5-6-18-7-13(11)22-16-15(21)14(20)12(19)8-23-16/h1-7,12,14-16,19-21H,8H2/t12-,14+,15-,16+/m1/s1. The van der Waals surface area contributed by atoms with Gasteiger partial charge in [0.1, 0.15) is 23.8 Å². The summed E-state index contributed by atoms with van der Waals surface area (Å²) in [5, 5.41) is 29.4. The molecule has 3 rings (SSSR count). The zero-order valence-electron chi connectivity index (χ0n) is 12.0. The van der Waals surface area contributed by atoms with Crippen molar-refractivity contribution in [3.63, 3.8) is 0 Å². The van der Waals surface area contributed by atoms with Crippen LogP contribution in [-0.4, -0.2) is 49.8 Å². The second kappa shape index (κ2) is 6.84. The van der Waals surface area contributed by atoms with Gasteiger partial charge in [-0.25, -0.2) is 4.39 Å². The van der Waals surface area contributed by atoms with Gasteiger partial charge in [-0.1, -0.05) is 12.1 Å². The van der Waals surface area contributed by atoms with Crippen LogP contribution in [0.3, 0.4) is 0 Å². The van der Waals surface area contributed by atoms with Crippen molar-refractivity contribution in [3.8, 4) is 16.9 Å². The van der Waals surface area contributed by atoms with Crippen molar-refractivity contribution >= 4 is 11.8 Å². The number of ether oxygens (including phenoxy) is 1. The summed E-state index contributed by atoms with van der Waals surface area (Å²) < 4.78 is 18.9. The molecule has 0 spiro atoms. The highest BCUT2D eigenvalue weighted by atomic mass is 32.2. The van der Waals surface area contributed by atoms with Crippen LogP contribution in [0.5, 0.6) is 5.75 Å². The molecule has 0 saturated carbocycles. The van der Waals surface area contributed by atoms with Gasteiger partial charge in [0, 0.05) is 17.5 Å². The molecule has 0 bridgehead atoms. The van der Waals surface area contributed by atoms with Gasteiger partial charge in [-0.3, -0.25) is 4.98 Å². The van der Waals surface area contributed by atoms with Crippen LogP contribution < -0.4 is 4.74 Å². The SMILES string of the molecule is O[C@@H]1[C@@H](O)[C@@H](Oc2cnccc2-c2ccc(F)cc2)SC[C@H]1O. The van der Waals surface area contributed by atoms with Crippen LogP contribution in [0.2, 0.25) is 0 Å². The zero-order valence-corrected chi connectivity index (χ0v) is 12.9. The molecule has 7 heteroatoms. The topological polar surface area (TPSA) is 82.8 Å². The van der Waals surface area contributed by atoms with Gasteiger partial charge >= 0.3 is 0 Å². The first kappa shape index (κ1) is 16.2. The average molecular weight is 337 g/mol. The minimum atomic E-state index is -1.26. The number of halogens is 1. The van der Waals surface area contributed by atoms with E-state index in [4.69, 9.17) is 4.74 Å². The fourth-order valence-electron chi connectivity index (χ4n) is 2.35. The van der Waals surface area contributed by atoms with E-state index >= 15 is 0 Å². The molecular weight excluding hydrogens is 321 g/mol. The van der Waals surface area contributed by atoms with E-state index in [1.165, 1.54) is 30.1 Å². The van der Waals surface area contributed by atoms with Gasteiger partial charge in [-0.15, -0.1) is 11.8 Å². The highest BCUT2D eigenvalue weighted by Gasteiger charge is 2.38. The van der Waals surface area contributed by atoms with Gasteiger partial charge < -0.3 is 20.1 Å². The Bertz CT molecular complexity index is 669. The third-order valence-corrected chi connectivity index (χ3v) is 4.87. The Morgan fingerprint density at radius 3 is 2.57 bits per heavy atom. The zero-order chi connectivity index (χ0) is 16.4. The van der Waals surface area contributed by atoms with Gasteiger partial charge in [0.05, 0.1) is 12.3 Å². The predicted octanol–water partition coefficient (Wildman–Crippen LogP) is 1.42. The number of aromatic nitrogens is 1. The number of aliphatic hydroxyl groups is 3. The lowest BCUT2D eigenvalue weighted by Crippen LogP contribution is -2.50. The van der Waals surface area contributed by atoms with E-state index in [0.29, 0.717) is 11.3 Å². The summed E-state index contributed by atoms with van der Waals surface area (Å²) >= 11 is 1.21. The van der Waals surface area contributed by atoms with Gasteiger partial charge in [0.2, 0.25) is 0 Å². The lowest BCUT2D eigenvalue weighted by atomic mass is 10.1. The number of benzene rings is 1. The highest BCUT2D eigenvalue weighted by molar-refractivity contribution is 7.99. The molecule has 0 radical (unpaired) electrons. The van der Waals surface area contributed by atoms with Crippen LogP contribution in [-0.2, 0) is 0 Å². The minimum absolute atomic E-state index is 0.259. The molecule has 2 heterocycles. The maximum absolute atomic E-state index is 13.1. The number of rotatable bonds is 3. The van der Waals surface area contributed by atoms with Crippen molar-refractivity contribution in [2.75, 3.05) is 5.75 Å². The van der Waals surface area contributed by atoms with Gasteiger partial charge in [-0.2, -0.15) is 0 Å². The van der Waals surface area contributed by atoms with Gasteiger partial charge in [0.15, 0.2) is 5.44 Å². The van der Waals surface area contributed by atoms with Crippen LogP contribution in [0.1, 0.15) is 0 Å². The average Bonchev–Trinajstić information content (AvgIpc) is 2.57. The Kier molecular flexibility index (Phi) is 4.82. The highest BCUT2D eigenvalue weighted by Crippen LogP contribution is 2.34. The molecule has 0 amide bonds. The molecule has 0 aliphatic carbocycles. The minimum Gasteiger partial charge on any atom is -0.475 e. The Morgan fingerprint density at radius 1 is 1.09 bits per heavy atom. The van der Waals surface area contributed by atoms with Crippen molar-refractivity contribution in [3.05, 3.63) is 48.5 Å². The summed E-state index contributed by atoms with van der Waals surface area (Å²) in [6.45, 7) is 0. The first-order valence-electron chi connectivity index (χ1n) is 7.08. The van der Waals surface area contributed by atoms with Crippen LogP contribution in [0, 0.1) is 5.82 Å². The normalized spacial score (nSPS) is 27.7. The number of pyridine rings is 1. The number of hydrogen-bond acceptors (Lipinski definition) is 6. The largest absolute Gasteiger partial charge is 0.475 e. The fourth-order valence-corrected chi connectivity index (χ4v) is 3.46. The van der Waals surface area contributed by atoms with Crippen LogP contribution >= 0.6 is 11.8 Å². The molecule has 3 N–H and O–H groups in total. The quantitative estimate of drug-likeness (QED) is 0.786. The van der Waals surface area contributed by atoms with Crippen LogP contribution in [0.25, 0.3) is 11.1 Å². The molecule has 1 aliphatic rings. The van der Waals surface area contributed by atoms with Crippen LogP contribution in [0.4, 0.5) is 4.39 Å². The summed E-state index contributed by atoms with van der Waals surface area (Å²) in [6, 6.07) is 7.68. The van der Waals surface area contributed by atoms with E-state index in [0.717, 1.165) is 5.56 Å². The number of thioether (sulfide) groups is 1. The fraction of sp³-hybridized carbons (Fsp3) is 0.312. The van der Waals surface area contributed by atoms with E-state index in [1.807, 2.05) is 0 Å². The molecular formula is C16H16FNO4S. The monoisotopic (exact) mass is 337 g/mol. The molecule has 1 saturated heterocycles. The van der Waals surface area contributed by atoms with Crippen LogP contribution in [0.15, 0.2) is 42.7 Å². The Hall–Kier alpha value is -1.67. The number of hydrogen-bond donors (Lipinski definition) is 3. The first-order valence-corrected chi connectivity index (χ1v) is 8.13. The molecule has 1 fully saturated rings. The smallest absolute Gasteiger partial charge is 0.173 e. The van der Waals surface area contributed by atoms with E-state index < -0.39 is 23.7 Å². The van der Waals surface area contributed by atoms with E-state index in [2.05, 4.69) is 4.98 Å². The third kappa shape index (κ3) is 3.48. The molecule has 5 nitrogen and oxygen atoms in total. The maximum Gasteiger partial charge on any atom is 0.173 e. The number of aliphatic hydroxyl groups excluding tert-OH is 3. The summed E-state index contributed by atoms with van der Waals surface area (Å²) in [6.07, 6.45) is -0.365. The van der Waals surface area contributed by atoms with Gasteiger partial charge in [-0.05, 0) is 23.8 Å². The molecule has 1 aromatic heterocycles. The Morgan fingerprint density at radius 2 is 1.83 bits per heavy atom. The second-order valence-electron chi connectivity index (χ2n) is 5.25. The Balaban J connectivity index is 1.85. The summed E-state index contributed by atoms with van der Waals surface area (Å²) in [7, 11) is 0. The summed E-state index contributed by atoms with van der Waals surface area (Å²) in [5.74, 6) is 0.342. The maximum atomic E-state index is 13.1. The Labute approximate surface area is 136 Å². The van der Waals surface area contributed by atoms with Crippen molar-refractivity contribution in [2.24, 2.45) is 0 Å². The lowest BCUT2D eigenvalue weighted by molar-refractivity contribution is -0.0785. The summed E-state index contributed by atoms with van der Waals surface area (Å²) in [4.78, 5) is 4.01. The molecule has 23 heavy (non-hydrogen) atoms. The molecule has 4 atom stereocenters. The van der Waals surface area contributed by atoms with E-state index in [9.17, 15) is 19.7 Å². The molecule has 0 unspecified atom stereocenters. The van der Waals surface area contributed by atoms with Crippen molar-refractivity contribution in [1.29, 1.82) is 0 Å². The third-order valence-electron chi connectivity index (χ3n) is 3.64. The molecule has 1 aromatic carbocycles. The number of nitrogens with zero attached hydrogens (tertiary/aromatic N) is 1. The van der Waals surface area contributed by atoms with E-state index in [1.54, 1.807) is 24.4 Å². The second-order valence-corrected chi connectivity index (χ2v) is 6.38. The first-order chi connectivity index (χ1) is 11.1. The predicted molar refractivity (Wildman–Crippen MR) is 84.5 cm³/mol. The molecule has 2 aromatic rings. The van der Waals surface area contributed by atoms with Gasteiger partial charge in [0.25, 0.3) is 0 Å². The lowest BCUT2D eigenvalue weighted by Gasteiger charge is -2.34. The molecule has 1 aliphatic heterocycles. The summed E-state index contributed by atoms with van der Waals surface area (Å²) in [5.41, 5.74) is 0.727. The van der Waals surface area contributed by atoms with Crippen molar-refractivity contribution in [1.82, 2.24) is 4.98 Å². The van der Waals surface area contributed by atoms with Crippen molar-refractivity contribution in [2.45, 2.75) is 23.7 Å². The molecule has 122 valence electrons. The van der Waals surface area contributed by atoms with E-state index in [-0.39, 0.29) is 11.6 Å². The van der Waals surface area contributed by atoms with Crippen molar-refractivity contribution < 1.29 is 24.4 Å².